The standard InChI is InChI=1S/C19H23BF2N4/c1-10-8-12(3)25-18(10)17(16-14(5)23-24(7)15(16)6)19-11(2)9-13(4)26(19)20(25,21)22/h8-9H,1-7H3. The second-order valence-electron chi connectivity index (χ2n) is 7.51. The third-order valence-corrected chi connectivity index (χ3v) is 5.69. The highest BCUT2D eigenvalue weighted by molar-refractivity contribution is 6.58. The summed E-state index contributed by atoms with van der Waals surface area (Å²) in [6.07, 6.45) is 1.85. The van der Waals surface area contributed by atoms with Gasteiger partial charge in [-0.15, -0.1) is 0 Å². The zero-order valence-electron chi connectivity index (χ0n) is 16.3. The van der Waals surface area contributed by atoms with E-state index >= 15 is 8.63 Å². The van der Waals surface area contributed by atoms with E-state index in [1.54, 1.807) is 13.8 Å². The van der Waals surface area contributed by atoms with Crippen LogP contribution in [0.2, 0.25) is 0 Å². The van der Waals surface area contributed by atoms with E-state index in [2.05, 4.69) is 5.10 Å². The van der Waals surface area contributed by atoms with E-state index in [0.29, 0.717) is 22.8 Å². The van der Waals surface area contributed by atoms with Gasteiger partial charge < -0.3 is 17.6 Å². The van der Waals surface area contributed by atoms with Crippen LogP contribution in [-0.2, 0) is 7.05 Å². The normalized spacial score (nSPS) is 18.4. The first-order chi connectivity index (χ1) is 12.1. The molecule has 0 bridgehead atoms. The molecule has 0 aromatic carbocycles. The lowest BCUT2D eigenvalue weighted by atomic mass is 9.83. The Labute approximate surface area is 152 Å². The fraction of sp³-hybridized carbons (Fsp3) is 0.368. The minimum absolute atomic E-state index is 0.579. The molecular formula is C19H23BF2N4. The Bertz CT molecular complexity index is 1080. The van der Waals surface area contributed by atoms with Crippen molar-refractivity contribution in [1.82, 2.24) is 14.3 Å². The summed E-state index contributed by atoms with van der Waals surface area (Å²) < 4.78 is 35.5. The summed E-state index contributed by atoms with van der Waals surface area (Å²) in [6.45, 7) is 7.33. The van der Waals surface area contributed by atoms with Crippen LogP contribution < -0.4 is 0 Å². The first kappa shape index (κ1) is 17.0. The summed E-state index contributed by atoms with van der Waals surface area (Å²) in [4.78, 5) is 0. The van der Waals surface area contributed by atoms with Crippen LogP contribution in [0.1, 0.15) is 47.8 Å². The molecule has 0 amide bonds. The molecule has 4 nitrogen and oxygen atoms in total. The molecule has 0 N–H and O–H groups in total. The number of halogens is 2. The van der Waals surface area contributed by atoms with E-state index in [9.17, 15) is 0 Å². The average molecular weight is 356 g/mol. The highest BCUT2D eigenvalue weighted by Crippen LogP contribution is 2.45. The summed E-state index contributed by atoms with van der Waals surface area (Å²) in [5, 5.41) is 4.54. The average Bonchev–Trinajstić information content (AvgIpc) is 3.08. The highest BCUT2D eigenvalue weighted by Gasteiger charge is 2.55. The Morgan fingerprint density at radius 1 is 1.08 bits per heavy atom. The Morgan fingerprint density at radius 2 is 1.73 bits per heavy atom. The molecule has 2 aromatic heterocycles. The summed E-state index contributed by atoms with van der Waals surface area (Å²) in [7, 11) is 1.89. The molecule has 2 aliphatic rings. The van der Waals surface area contributed by atoms with Crippen molar-refractivity contribution in [3.05, 3.63) is 57.3 Å². The Balaban J connectivity index is 2.24. The molecule has 2 aliphatic heterocycles. The van der Waals surface area contributed by atoms with Gasteiger partial charge in [0.1, 0.15) is 5.71 Å². The number of hydrogen-bond acceptors (Lipinski definition) is 1. The maximum atomic E-state index is 15.6. The van der Waals surface area contributed by atoms with Crippen molar-refractivity contribution in [2.24, 2.45) is 7.05 Å². The minimum atomic E-state index is -3.93. The van der Waals surface area contributed by atoms with Gasteiger partial charge in [-0.05, 0) is 51.9 Å². The van der Waals surface area contributed by atoms with Crippen molar-refractivity contribution in [3.8, 4) is 0 Å². The SMILES string of the molecule is CC1=CC(C)=[N+]2C1=C(c1c(C)nn(C)c1C)c1c(C)cc(C)n1[B-]2(F)F. The molecule has 136 valence electrons. The second kappa shape index (κ2) is 5.05. The summed E-state index contributed by atoms with van der Waals surface area (Å²) >= 11 is 0. The summed E-state index contributed by atoms with van der Waals surface area (Å²) in [5.74, 6) is 0. The van der Waals surface area contributed by atoms with Gasteiger partial charge in [0.05, 0.1) is 11.3 Å². The van der Waals surface area contributed by atoms with Crippen LogP contribution in [-0.4, -0.2) is 31.4 Å². The minimum Gasteiger partial charge on any atom is -0.393 e. The number of hydrogen-bond donors (Lipinski definition) is 0. The number of aromatic nitrogens is 3. The molecule has 2 aromatic rings. The van der Waals surface area contributed by atoms with Gasteiger partial charge in [0, 0.05) is 42.6 Å². The van der Waals surface area contributed by atoms with Crippen molar-refractivity contribution in [1.29, 1.82) is 0 Å². The van der Waals surface area contributed by atoms with Gasteiger partial charge in [-0.25, -0.2) is 0 Å². The summed E-state index contributed by atoms with van der Waals surface area (Å²) in [6, 6.07) is 1.85. The van der Waals surface area contributed by atoms with Crippen LogP contribution >= 0.6 is 0 Å². The van der Waals surface area contributed by atoms with Crippen LogP contribution in [0.15, 0.2) is 23.4 Å². The summed E-state index contributed by atoms with van der Waals surface area (Å²) in [5.41, 5.74) is 7.75. The number of fused-ring (bicyclic) bond motifs is 2. The lowest BCUT2D eigenvalue weighted by Gasteiger charge is -2.34. The predicted octanol–water partition coefficient (Wildman–Crippen LogP) is 3.88. The third-order valence-electron chi connectivity index (χ3n) is 5.69. The molecule has 0 aliphatic carbocycles. The van der Waals surface area contributed by atoms with Gasteiger partial charge in [-0.1, -0.05) is 0 Å². The van der Waals surface area contributed by atoms with Gasteiger partial charge in [0.2, 0.25) is 0 Å². The largest absolute Gasteiger partial charge is 0.737 e. The first-order valence-corrected chi connectivity index (χ1v) is 8.85. The lowest BCUT2D eigenvalue weighted by Crippen LogP contribution is -2.51. The monoisotopic (exact) mass is 356 g/mol. The van der Waals surface area contributed by atoms with Crippen molar-refractivity contribution in [2.45, 2.75) is 41.5 Å². The van der Waals surface area contributed by atoms with E-state index in [0.717, 1.165) is 33.7 Å². The van der Waals surface area contributed by atoms with Crippen molar-refractivity contribution in [3.63, 3.8) is 0 Å². The van der Waals surface area contributed by atoms with Gasteiger partial charge >= 0.3 is 6.97 Å². The fourth-order valence-corrected chi connectivity index (χ4v) is 4.67. The molecule has 0 saturated carbocycles. The maximum Gasteiger partial charge on any atom is 0.737 e. The molecule has 7 heteroatoms. The quantitative estimate of drug-likeness (QED) is 0.712. The molecule has 4 rings (SSSR count). The predicted molar refractivity (Wildman–Crippen MR) is 101 cm³/mol. The van der Waals surface area contributed by atoms with Crippen LogP contribution in [0.25, 0.3) is 5.57 Å². The Kier molecular flexibility index (Phi) is 3.31. The molecule has 4 heterocycles. The molecular weight excluding hydrogens is 333 g/mol. The molecule has 0 fully saturated rings. The number of rotatable bonds is 1. The van der Waals surface area contributed by atoms with Gasteiger partial charge in [-0.2, -0.15) is 5.10 Å². The van der Waals surface area contributed by atoms with E-state index in [1.165, 1.54) is 8.96 Å². The van der Waals surface area contributed by atoms with E-state index < -0.39 is 6.97 Å². The number of allylic oxidation sites excluding steroid dienone is 2. The van der Waals surface area contributed by atoms with Gasteiger partial charge in [0.25, 0.3) is 0 Å². The van der Waals surface area contributed by atoms with Crippen LogP contribution in [0.3, 0.4) is 0 Å². The second-order valence-corrected chi connectivity index (χ2v) is 7.51. The molecule has 26 heavy (non-hydrogen) atoms. The Hall–Kier alpha value is -2.44. The van der Waals surface area contributed by atoms with Crippen LogP contribution in [0.4, 0.5) is 8.63 Å². The lowest BCUT2D eigenvalue weighted by molar-refractivity contribution is -0.363. The first-order valence-electron chi connectivity index (χ1n) is 8.85. The Morgan fingerprint density at radius 3 is 2.31 bits per heavy atom. The number of nitrogens with zero attached hydrogens (tertiary/aromatic N) is 4. The van der Waals surface area contributed by atoms with Gasteiger partial charge in [0.15, 0.2) is 5.70 Å². The number of aryl methyl sites for hydroxylation is 4. The third kappa shape index (κ3) is 1.88. The maximum absolute atomic E-state index is 15.6. The van der Waals surface area contributed by atoms with E-state index in [-0.39, 0.29) is 0 Å². The zero-order chi connectivity index (χ0) is 19.1. The molecule has 0 saturated heterocycles. The molecule has 0 spiro atoms. The van der Waals surface area contributed by atoms with Crippen molar-refractivity contribution >= 4 is 18.3 Å². The van der Waals surface area contributed by atoms with E-state index in [1.807, 2.05) is 51.6 Å². The van der Waals surface area contributed by atoms with Crippen LogP contribution in [0.5, 0.6) is 0 Å². The zero-order valence-corrected chi connectivity index (χ0v) is 16.3. The van der Waals surface area contributed by atoms with Crippen LogP contribution in [0, 0.1) is 27.7 Å². The van der Waals surface area contributed by atoms with Gasteiger partial charge in [-0.3, -0.25) is 4.68 Å². The fourth-order valence-electron chi connectivity index (χ4n) is 4.67. The molecule has 0 unspecified atom stereocenters. The smallest absolute Gasteiger partial charge is 0.393 e. The molecule has 0 radical (unpaired) electrons. The van der Waals surface area contributed by atoms with Crippen molar-refractivity contribution in [2.75, 3.05) is 0 Å². The van der Waals surface area contributed by atoms with E-state index in [4.69, 9.17) is 0 Å². The topological polar surface area (TPSA) is 25.8 Å². The van der Waals surface area contributed by atoms with Crippen molar-refractivity contribution < 1.29 is 13.1 Å². The highest BCUT2D eigenvalue weighted by atomic mass is 19.2. The molecule has 0 atom stereocenters.